The highest BCUT2D eigenvalue weighted by Gasteiger charge is 2.32. The zero-order chi connectivity index (χ0) is 14.5. The standard InChI is InChI=1S/C15H31NO2S/c1-5-6-10-15(16-12(2)3)13-8-7-9-14(11-13)19(4,17)18/h12-16H,5-11H2,1-4H3. The lowest BCUT2D eigenvalue weighted by molar-refractivity contribution is 0.245. The molecule has 19 heavy (non-hydrogen) atoms. The van der Waals surface area contributed by atoms with E-state index in [1.54, 1.807) is 0 Å². The van der Waals surface area contributed by atoms with E-state index < -0.39 is 9.84 Å². The average Bonchev–Trinajstić information content (AvgIpc) is 2.33. The molecule has 0 aromatic rings. The van der Waals surface area contributed by atoms with Gasteiger partial charge in [0.05, 0.1) is 5.25 Å². The summed E-state index contributed by atoms with van der Waals surface area (Å²) in [6.07, 6.45) is 8.96. The Bertz CT molecular complexity index is 351. The molecule has 1 aliphatic rings. The fourth-order valence-electron chi connectivity index (χ4n) is 3.24. The number of sulfone groups is 1. The normalized spacial score (nSPS) is 26.6. The van der Waals surface area contributed by atoms with Crippen LogP contribution in [0.2, 0.25) is 0 Å². The van der Waals surface area contributed by atoms with Gasteiger partial charge in [-0.3, -0.25) is 0 Å². The number of rotatable bonds is 7. The van der Waals surface area contributed by atoms with E-state index in [2.05, 4.69) is 26.1 Å². The average molecular weight is 289 g/mol. The first-order valence-electron chi connectivity index (χ1n) is 7.79. The van der Waals surface area contributed by atoms with Crippen LogP contribution in [0.25, 0.3) is 0 Å². The van der Waals surface area contributed by atoms with Gasteiger partial charge in [0.25, 0.3) is 0 Å². The largest absolute Gasteiger partial charge is 0.312 e. The zero-order valence-corrected chi connectivity index (χ0v) is 13.8. The predicted octanol–water partition coefficient (Wildman–Crippen LogP) is 3.15. The first-order chi connectivity index (χ1) is 8.84. The van der Waals surface area contributed by atoms with E-state index in [-0.39, 0.29) is 5.25 Å². The molecule has 1 N–H and O–H groups in total. The lowest BCUT2D eigenvalue weighted by Gasteiger charge is -2.35. The van der Waals surface area contributed by atoms with Crippen LogP contribution in [0.3, 0.4) is 0 Å². The van der Waals surface area contributed by atoms with Gasteiger partial charge in [-0.1, -0.05) is 40.0 Å². The van der Waals surface area contributed by atoms with E-state index in [0.29, 0.717) is 18.0 Å². The zero-order valence-electron chi connectivity index (χ0n) is 13.0. The summed E-state index contributed by atoms with van der Waals surface area (Å²) in [5.74, 6) is 0.530. The summed E-state index contributed by atoms with van der Waals surface area (Å²) >= 11 is 0. The minimum atomic E-state index is -2.87. The van der Waals surface area contributed by atoms with E-state index in [4.69, 9.17) is 0 Å². The Morgan fingerprint density at radius 1 is 1.26 bits per heavy atom. The second kappa shape index (κ2) is 7.63. The monoisotopic (exact) mass is 289 g/mol. The molecule has 1 rings (SSSR count). The van der Waals surface area contributed by atoms with Crippen molar-refractivity contribution in [2.75, 3.05) is 6.26 Å². The van der Waals surface area contributed by atoms with Crippen molar-refractivity contribution in [1.82, 2.24) is 5.32 Å². The number of nitrogens with one attached hydrogen (secondary N) is 1. The van der Waals surface area contributed by atoms with Gasteiger partial charge in [0, 0.05) is 18.3 Å². The summed E-state index contributed by atoms with van der Waals surface area (Å²) in [5, 5.41) is 3.55. The fraction of sp³-hybridized carbons (Fsp3) is 1.00. The second-order valence-electron chi connectivity index (χ2n) is 6.45. The molecule has 3 nitrogen and oxygen atoms in total. The molecular weight excluding hydrogens is 258 g/mol. The fourth-order valence-corrected chi connectivity index (χ4v) is 4.43. The third kappa shape index (κ3) is 5.82. The minimum absolute atomic E-state index is 0.107. The van der Waals surface area contributed by atoms with Gasteiger partial charge in [-0.15, -0.1) is 0 Å². The van der Waals surface area contributed by atoms with Gasteiger partial charge in [-0.05, 0) is 31.6 Å². The highest BCUT2D eigenvalue weighted by molar-refractivity contribution is 7.91. The van der Waals surface area contributed by atoms with Gasteiger partial charge in [0.1, 0.15) is 9.84 Å². The molecule has 0 saturated heterocycles. The highest BCUT2D eigenvalue weighted by Crippen LogP contribution is 2.32. The van der Waals surface area contributed by atoms with Crippen LogP contribution in [-0.4, -0.2) is 32.0 Å². The smallest absolute Gasteiger partial charge is 0.150 e. The molecule has 1 aliphatic carbocycles. The number of unbranched alkanes of at least 4 members (excludes halogenated alkanes) is 1. The summed E-state index contributed by atoms with van der Waals surface area (Å²) < 4.78 is 23.5. The summed E-state index contributed by atoms with van der Waals surface area (Å²) in [5.41, 5.74) is 0. The van der Waals surface area contributed by atoms with Crippen LogP contribution in [0, 0.1) is 5.92 Å². The molecule has 0 aliphatic heterocycles. The topological polar surface area (TPSA) is 46.2 Å². The number of hydrogen-bond acceptors (Lipinski definition) is 3. The molecule has 1 saturated carbocycles. The Labute approximate surface area is 119 Å². The molecule has 3 atom stereocenters. The van der Waals surface area contributed by atoms with Crippen LogP contribution in [0.5, 0.6) is 0 Å². The van der Waals surface area contributed by atoms with Gasteiger partial charge in [-0.25, -0.2) is 8.42 Å². The van der Waals surface area contributed by atoms with E-state index in [1.807, 2.05) is 0 Å². The maximum atomic E-state index is 11.8. The third-order valence-corrected chi connectivity index (χ3v) is 5.90. The van der Waals surface area contributed by atoms with Crippen molar-refractivity contribution in [2.24, 2.45) is 5.92 Å². The molecule has 0 heterocycles. The van der Waals surface area contributed by atoms with Crippen molar-refractivity contribution < 1.29 is 8.42 Å². The van der Waals surface area contributed by atoms with Crippen molar-refractivity contribution in [2.45, 2.75) is 83.1 Å². The van der Waals surface area contributed by atoms with Gasteiger partial charge in [-0.2, -0.15) is 0 Å². The van der Waals surface area contributed by atoms with Crippen molar-refractivity contribution in [3.63, 3.8) is 0 Å². The van der Waals surface area contributed by atoms with E-state index in [1.165, 1.54) is 31.9 Å². The third-order valence-electron chi connectivity index (χ3n) is 4.26. The second-order valence-corrected chi connectivity index (χ2v) is 8.77. The molecule has 0 amide bonds. The Balaban J connectivity index is 2.66. The molecule has 1 fully saturated rings. The van der Waals surface area contributed by atoms with Crippen molar-refractivity contribution in [3.05, 3.63) is 0 Å². The Morgan fingerprint density at radius 3 is 2.47 bits per heavy atom. The molecule has 0 radical (unpaired) electrons. The van der Waals surface area contributed by atoms with Crippen molar-refractivity contribution in [1.29, 1.82) is 0 Å². The Kier molecular flexibility index (Phi) is 6.81. The Morgan fingerprint density at radius 2 is 1.95 bits per heavy atom. The lowest BCUT2D eigenvalue weighted by Crippen LogP contribution is -2.43. The Hall–Kier alpha value is -0.0900. The summed E-state index contributed by atoms with van der Waals surface area (Å²) in [4.78, 5) is 0. The molecular formula is C15H31NO2S. The molecule has 3 unspecified atom stereocenters. The maximum Gasteiger partial charge on any atom is 0.150 e. The quantitative estimate of drug-likeness (QED) is 0.783. The van der Waals surface area contributed by atoms with Gasteiger partial charge >= 0.3 is 0 Å². The van der Waals surface area contributed by atoms with E-state index >= 15 is 0 Å². The van der Waals surface area contributed by atoms with Crippen LogP contribution in [0.1, 0.15) is 65.7 Å². The summed E-state index contributed by atoms with van der Waals surface area (Å²) in [6, 6.07) is 0.963. The summed E-state index contributed by atoms with van der Waals surface area (Å²) in [7, 11) is -2.87. The molecule has 0 spiro atoms. The van der Waals surface area contributed by atoms with Crippen LogP contribution in [0.4, 0.5) is 0 Å². The predicted molar refractivity (Wildman–Crippen MR) is 82.2 cm³/mol. The molecule has 0 aromatic carbocycles. The van der Waals surface area contributed by atoms with Gasteiger partial charge in [0.15, 0.2) is 0 Å². The van der Waals surface area contributed by atoms with Crippen molar-refractivity contribution in [3.8, 4) is 0 Å². The molecule has 0 aromatic heterocycles. The first-order valence-corrected chi connectivity index (χ1v) is 9.75. The number of hydrogen-bond donors (Lipinski definition) is 1. The van der Waals surface area contributed by atoms with Crippen LogP contribution >= 0.6 is 0 Å². The molecule has 114 valence electrons. The van der Waals surface area contributed by atoms with Crippen molar-refractivity contribution >= 4 is 9.84 Å². The first kappa shape index (κ1) is 17.0. The minimum Gasteiger partial charge on any atom is -0.312 e. The molecule has 0 bridgehead atoms. The van der Waals surface area contributed by atoms with Crippen LogP contribution < -0.4 is 5.32 Å². The summed E-state index contributed by atoms with van der Waals surface area (Å²) in [6.45, 7) is 6.57. The van der Waals surface area contributed by atoms with Gasteiger partial charge < -0.3 is 5.32 Å². The molecule has 4 heteroatoms. The van der Waals surface area contributed by atoms with Crippen LogP contribution in [-0.2, 0) is 9.84 Å². The SMILES string of the molecule is CCCCC(NC(C)C)C1CCCC(S(C)(=O)=O)C1. The van der Waals surface area contributed by atoms with Gasteiger partial charge in [0.2, 0.25) is 0 Å². The highest BCUT2D eigenvalue weighted by atomic mass is 32.2. The van der Waals surface area contributed by atoms with Crippen LogP contribution in [0.15, 0.2) is 0 Å². The maximum absolute atomic E-state index is 11.8. The van der Waals surface area contributed by atoms with E-state index in [0.717, 1.165) is 19.3 Å². The lowest BCUT2D eigenvalue weighted by atomic mass is 9.81. The van der Waals surface area contributed by atoms with E-state index in [9.17, 15) is 8.42 Å².